The maximum absolute atomic E-state index is 13.6. The Hall–Kier alpha value is -5.71. The lowest BCUT2D eigenvalue weighted by Gasteiger charge is -2.23. The Morgan fingerprint density at radius 1 is 1.05 bits per heavy atom. The minimum absolute atomic E-state index is 0.0293. The van der Waals surface area contributed by atoms with E-state index in [1.54, 1.807) is 25.1 Å². The molecule has 0 saturated heterocycles. The molecular weight excluding hydrogens is 532 g/mol. The average molecular weight is 559 g/mol. The van der Waals surface area contributed by atoms with E-state index in [0.29, 0.717) is 11.4 Å². The maximum atomic E-state index is 13.6. The van der Waals surface area contributed by atoms with Crippen molar-refractivity contribution in [2.75, 3.05) is 47.0 Å². The molecule has 210 valence electrons. The van der Waals surface area contributed by atoms with Crippen LogP contribution in [0.2, 0.25) is 0 Å². The fraction of sp³-hybridized carbons (Fsp3) is 0.222. The second kappa shape index (κ2) is 14.4. The van der Waals surface area contributed by atoms with Gasteiger partial charge in [0, 0.05) is 25.4 Å². The van der Waals surface area contributed by atoms with Gasteiger partial charge in [-0.25, -0.2) is 15.0 Å². The number of nitriles is 1. The predicted molar refractivity (Wildman–Crippen MR) is 151 cm³/mol. The second-order valence-electron chi connectivity index (χ2n) is 8.38. The summed E-state index contributed by atoms with van der Waals surface area (Å²) in [6.45, 7) is 1.33. The number of hydrogen-bond acceptors (Lipinski definition) is 10. The van der Waals surface area contributed by atoms with Gasteiger partial charge in [0.05, 0.1) is 52.3 Å². The molecule has 3 rings (SSSR count). The Bertz CT molecular complexity index is 1440. The number of nitrogens with one attached hydrogen (secondary N) is 1. The van der Waals surface area contributed by atoms with E-state index in [1.165, 1.54) is 60.6 Å². The molecule has 0 aliphatic carbocycles. The summed E-state index contributed by atoms with van der Waals surface area (Å²) in [6.07, 6.45) is 1.42. The molecular formula is C27H26N8O6. The zero-order valence-corrected chi connectivity index (χ0v) is 22.3. The summed E-state index contributed by atoms with van der Waals surface area (Å²) in [4.78, 5) is 66.7. The molecule has 0 fully saturated rings. The highest BCUT2D eigenvalue weighted by Crippen LogP contribution is 2.28. The van der Waals surface area contributed by atoms with Crippen molar-refractivity contribution in [3.63, 3.8) is 0 Å². The molecule has 41 heavy (non-hydrogen) atoms. The number of ether oxygens (including phenoxy) is 1. The van der Waals surface area contributed by atoms with Gasteiger partial charge >= 0.3 is 5.97 Å². The third-order valence-corrected chi connectivity index (χ3v) is 5.69. The van der Waals surface area contributed by atoms with E-state index in [1.807, 2.05) is 6.07 Å². The Morgan fingerprint density at radius 2 is 1.80 bits per heavy atom. The minimum Gasteiger partial charge on any atom is -0.466 e. The molecule has 0 aliphatic rings. The Labute approximate surface area is 235 Å². The third-order valence-electron chi connectivity index (χ3n) is 5.69. The van der Waals surface area contributed by atoms with Crippen LogP contribution in [-0.4, -0.2) is 49.5 Å². The van der Waals surface area contributed by atoms with Crippen LogP contribution in [0.25, 0.3) is 0 Å². The predicted octanol–water partition coefficient (Wildman–Crippen LogP) is 3.80. The van der Waals surface area contributed by atoms with Gasteiger partial charge in [0.25, 0.3) is 5.91 Å². The van der Waals surface area contributed by atoms with E-state index < -0.39 is 24.3 Å². The highest BCUT2D eigenvalue weighted by molar-refractivity contribution is 6.08. The number of amides is 2. The highest BCUT2D eigenvalue weighted by atomic mass is 16.5. The van der Waals surface area contributed by atoms with Crippen molar-refractivity contribution >= 4 is 40.7 Å². The molecule has 0 aliphatic heterocycles. The van der Waals surface area contributed by atoms with Crippen LogP contribution in [0.5, 0.6) is 0 Å². The number of benzene rings is 2. The summed E-state index contributed by atoms with van der Waals surface area (Å²) >= 11 is 0. The molecule has 0 bridgehead atoms. The number of carbonyl (C=O) groups is 3. The number of esters is 1. The summed E-state index contributed by atoms with van der Waals surface area (Å²) in [7, 11) is 1.36. The number of pyridine rings is 1. The van der Waals surface area contributed by atoms with Gasteiger partial charge in [0.15, 0.2) is 0 Å². The molecule has 14 nitrogen and oxygen atoms in total. The van der Waals surface area contributed by atoms with Crippen molar-refractivity contribution in [2.24, 2.45) is 10.6 Å². The molecule has 0 saturated carbocycles. The zero-order chi connectivity index (χ0) is 29.8. The van der Waals surface area contributed by atoms with Gasteiger partial charge < -0.3 is 10.1 Å². The smallest absolute Gasteiger partial charge is 0.307 e. The first kappa shape index (κ1) is 29.8. The van der Waals surface area contributed by atoms with Crippen LogP contribution in [0, 0.1) is 21.1 Å². The van der Waals surface area contributed by atoms with Crippen LogP contribution in [0.3, 0.4) is 0 Å². The van der Waals surface area contributed by atoms with Crippen molar-refractivity contribution in [1.29, 1.82) is 5.26 Å². The molecule has 1 heterocycles. The summed E-state index contributed by atoms with van der Waals surface area (Å²) in [5.74, 6) is -1.43. The number of hydrogen-bond donors (Lipinski definition) is 1. The van der Waals surface area contributed by atoms with E-state index in [4.69, 9.17) is 10.00 Å². The molecule has 0 spiro atoms. The molecule has 14 heteroatoms. The van der Waals surface area contributed by atoms with Crippen LogP contribution in [0.4, 0.5) is 22.9 Å². The lowest BCUT2D eigenvalue weighted by atomic mass is 10.1. The fourth-order valence-corrected chi connectivity index (χ4v) is 3.72. The van der Waals surface area contributed by atoms with Gasteiger partial charge in [-0.3, -0.25) is 19.3 Å². The van der Waals surface area contributed by atoms with Gasteiger partial charge in [-0.1, -0.05) is 6.07 Å². The third kappa shape index (κ3) is 7.90. The summed E-state index contributed by atoms with van der Waals surface area (Å²) in [6, 6.07) is 17.0. The number of carbonyl (C=O) groups excluding carboxylic acids is 3. The second-order valence-corrected chi connectivity index (χ2v) is 8.38. The van der Waals surface area contributed by atoms with Crippen molar-refractivity contribution in [1.82, 2.24) is 4.98 Å². The summed E-state index contributed by atoms with van der Waals surface area (Å²) in [5.41, 5.74) is 0.972. The monoisotopic (exact) mass is 558 g/mol. The lowest BCUT2D eigenvalue weighted by Crippen LogP contribution is -2.34. The summed E-state index contributed by atoms with van der Waals surface area (Å²) in [5, 5.41) is 19.1. The molecule has 2 aromatic carbocycles. The standard InChI is InChI=1S/C27H26N8O6/c1-3-41-26(37)13-15-34(24-6-4-5-14-29-24)27(38)20-9-12-23(33(2)31-39)22(16-20)30-25(36)18-35(32-40)21-10-7-19(17-28)8-11-21/h4-12,14,16H,3,13,15,18H2,1-2H3,(H,30,36). The van der Waals surface area contributed by atoms with E-state index in [2.05, 4.69) is 20.9 Å². The molecule has 1 aromatic heterocycles. The normalized spacial score (nSPS) is 10.1. The van der Waals surface area contributed by atoms with E-state index in [0.717, 1.165) is 10.0 Å². The van der Waals surface area contributed by atoms with Crippen molar-refractivity contribution < 1.29 is 19.1 Å². The first-order valence-electron chi connectivity index (χ1n) is 12.3. The van der Waals surface area contributed by atoms with Gasteiger partial charge in [-0.2, -0.15) is 5.26 Å². The topological polar surface area (TPSA) is 178 Å². The van der Waals surface area contributed by atoms with Crippen LogP contribution in [-0.2, 0) is 14.3 Å². The van der Waals surface area contributed by atoms with Gasteiger partial charge in [-0.05, 0) is 61.5 Å². The molecule has 3 aromatic rings. The first-order valence-corrected chi connectivity index (χ1v) is 12.3. The van der Waals surface area contributed by atoms with E-state index in [-0.39, 0.29) is 42.2 Å². The number of aromatic nitrogens is 1. The molecule has 0 atom stereocenters. The zero-order valence-electron chi connectivity index (χ0n) is 22.3. The van der Waals surface area contributed by atoms with Crippen molar-refractivity contribution in [2.45, 2.75) is 13.3 Å². The van der Waals surface area contributed by atoms with Crippen LogP contribution >= 0.6 is 0 Å². The first-order chi connectivity index (χ1) is 19.8. The SMILES string of the molecule is CCOC(=O)CCN(C(=O)c1ccc(N(C)N=O)c(NC(=O)CN(N=O)c2ccc(C#N)cc2)c1)c1ccccn1. The van der Waals surface area contributed by atoms with Crippen molar-refractivity contribution in [3.05, 3.63) is 87.8 Å². The lowest BCUT2D eigenvalue weighted by molar-refractivity contribution is -0.142. The van der Waals surface area contributed by atoms with Crippen LogP contribution in [0.15, 0.2) is 77.4 Å². The number of nitroso groups, excluding NO2 is 2. The molecule has 0 radical (unpaired) electrons. The minimum atomic E-state index is -0.692. The number of rotatable bonds is 13. The van der Waals surface area contributed by atoms with Crippen molar-refractivity contribution in [3.8, 4) is 6.07 Å². The van der Waals surface area contributed by atoms with Crippen LogP contribution in [0.1, 0.15) is 29.3 Å². The molecule has 0 unspecified atom stereocenters. The van der Waals surface area contributed by atoms with E-state index >= 15 is 0 Å². The number of nitrogens with zero attached hydrogens (tertiary/aromatic N) is 7. The summed E-state index contributed by atoms with van der Waals surface area (Å²) < 4.78 is 4.98. The van der Waals surface area contributed by atoms with Gasteiger partial charge in [-0.15, -0.1) is 9.81 Å². The number of anilines is 4. The Kier molecular flexibility index (Phi) is 10.5. The molecule has 2 amide bonds. The fourth-order valence-electron chi connectivity index (χ4n) is 3.72. The van der Waals surface area contributed by atoms with E-state index in [9.17, 15) is 24.2 Å². The maximum Gasteiger partial charge on any atom is 0.307 e. The highest BCUT2D eigenvalue weighted by Gasteiger charge is 2.23. The molecule has 1 N–H and O–H groups in total. The largest absolute Gasteiger partial charge is 0.466 e. The van der Waals surface area contributed by atoms with Gasteiger partial charge in [0.1, 0.15) is 12.4 Å². The Morgan fingerprint density at radius 3 is 2.41 bits per heavy atom. The quantitative estimate of drug-likeness (QED) is 0.184. The van der Waals surface area contributed by atoms with Crippen LogP contribution < -0.4 is 20.2 Å². The Balaban J connectivity index is 1.89. The average Bonchev–Trinajstić information content (AvgIpc) is 3.00. The van der Waals surface area contributed by atoms with Gasteiger partial charge in [0.2, 0.25) is 5.91 Å².